The highest BCUT2D eigenvalue weighted by Crippen LogP contribution is 2.34. The molecule has 0 N–H and O–H groups in total. The van der Waals surface area contributed by atoms with Crippen LogP contribution in [0.15, 0.2) is 52.3 Å². The average molecular weight is 394 g/mol. The first-order chi connectivity index (χ1) is 11.2. The smallest absolute Gasteiger partial charge is 0.165 e. The fraction of sp³-hybridized carbons (Fsp3) is 0.118. The van der Waals surface area contributed by atoms with Crippen molar-refractivity contribution in [3.8, 4) is 22.1 Å². The van der Waals surface area contributed by atoms with E-state index in [-0.39, 0.29) is 18.2 Å². The summed E-state index contributed by atoms with van der Waals surface area (Å²) in [5.41, 5.74) is 1.65. The van der Waals surface area contributed by atoms with Crippen LogP contribution >= 0.6 is 27.3 Å². The summed E-state index contributed by atoms with van der Waals surface area (Å²) in [5, 5.41) is 2.73. The molecule has 23 heavy (non-hydrogen) atoms. The van der Waals surface area contributed by atoms with Crippen LogP contribution in [0.2, 0.25) is 0 Å². The topological polar surface area (TPSA) is 31.4 Å². The van der Waals surface area contributed by atoms with Crippen LogP contribution in [-0.4, -0.2) is 12.1 Å². The predicted octanol–water partition coefficient (Wildman–Crippen LogP) is 5.30. The van der Waals surface area contributed by atoms with Crippen molar-refractivity contribution in [2.24, 2.45) is 0 Å². The number of ether oxygens (including phenoxy) is 2. The first-order valence-corrected chi connectivity index (χ1v) is 8.50. The lowest BCUT2D eigenvalue weighted by Crippen LogP contribution is -1.97. The Labute approximate surface area is 145 Å². The largest absolute Gasteiger partial charge is 0.496 e. The Morgan fingerprint density at radius 1 is 1.17 bits per heavy atom. The molecule has 0 spiro atoms. The van der Waals surface area contributed by atoms with Gasteiger partial charge in [-0.25, -0.2) is 9.37 Å². The van der Waals surface area contributed by atoms with E-state index in [1.165, 1.54) is 17.4 Å². The van der Waals surface area contributed by atoms with Gasteiger partial charge in [-0.05, 0) is 30.3 Å². The summed E-state index contributed by atoms with van der Waals surface area (Å²) in [4.78, 5) is 4.55. The number of halogens is 2. The van der Waals surface area contributed by atoms with Gasteiger partial charge in [0.05, 0.1) is 18.4 Å². The standard InChI is InChI=1S/C17H13BrFNO2S/c1-21-15-7-6-11(18)8-13(15)17-20-12(10-23-17)9-22-16-5-3-2-4-14(16)19/h2-8,10H,9H2,1H3. The number of rotatable bonds is 5. The molecular formula is C17H13BrFNO2S. The first kappa shape index (κ1) is 16.0. The van der Waals surface area contributed by atoms with Crippen molar-refractivity contribution in [1.82, 2.24) is 4.98 Å². The molecule has 0 unspecified atom stereocenters. The zero-order valence-electron chi connectivity index (χ0n) is 12.3. The highest BCUT2D eigenvalue weighted by molar-refractivity contribution is 9.10. The molecule has 0 saturated carbocycles. The number of para-hydroxylation sites is 1. The Morgan fingerprint density at radius 3 is 2.78 bits per heavy atom. The van der Waals surface area contributed by atoms with Crippen LogP contribution in [0.4, 0.5) is 4.39 Å². The molecule has 0 bridgehead atoms. The molecule has 0 aliphatic rings. The van der Waals surface area contributed by atoms with Crippen LogP contribution in [0, 0.1) is 5.82 Å². The second kappa shape index (κ2) is 7.10. The monoisotopic (exact) mass is 393 g/mol. The highest BCUT2D eigenvalue weighted by atomic mass is 79.9. The third-order valence-electron chi connectivity index (χ3n) is 3.16. The molecule has 0 amide bonds. The number of aromatic nitrogens is 1. The molecule has 118 valence electrons. The van der Waals surface area contributed by atoms with Gasteiger partial charge in [0, 0.05) is 9.85 Å². The van der Waals surface area contributed by atoms with Gasteiger partial charge in [-0.2, -0.15) is 0 Å². The van der Waals surface area contributed by atoms with Crippen LogP contribution in [0.1, 0.15) is 5.69 Å². The van der Waals surface area contributed by atoms with Gasteiger partial charge in [-0.1, -0.05) is 28.1 Å². The molecule has 0 aliphatic carbocycles. The lowest BCUT2D eigenvalue weighted by molar-refractivity contribution is 0.287. The van der Waals surface area contributed by atoms with Gasteiger partial charge in [-0.15, -0.1) is 11.3 Å². The molecule has 6 heteroatoms. The summed E-state index contributed by atoms with van der Waals surface area (Å²) in [6.07, 6.45) is 0. The minimum Gasteiger partial charge on any atom is -0.496 e. The summed E-state index contributed by atoms with van der Waals surface area (Å²) < 4.78 is 25.3. The number of hydrogen-bond acceptors (Lipinski definition) is 4. The van der Waals surface area contributed by atoms with E-state index in [9.17, 15) is 4.39 Å². The van der Waals surface area contributed by atoms with Crippen molar-refractivity contribution in [2.45, 2.75) is 6.61 Å². The van der Waals surface area contributed by atoms with Crippen LogP contribution in [0.3, 0.4) is 0 Å². The second-order valence-corrected chi connectivity index (χ2v) is 6.48. The maximum atomic E-state index is 13.5. The summed E-state index contributed by atoms with van der Waals surface area (Å²) in [7, 11) is 1.63. The van der Waals surface area contributed by atoms with E-state index in [1.54, 1.807) is 25.3 Å². The van der Waals surface area contributed by atoms with Gasteiger partial charge in [0.25, 0.3) is 0 Å². The lowest BCUT2D eigenvalue weighted by atomic mass is 10.2. The molecule has 3 aromatic rings. The van der Waals surface area contributed by atoms with Gasteiger partial charge < -0.3 is 9.47 Å². The fourth-order valence-corrected chi connectivity index (χ4v) is 3.24. The van der Waals surface area contributed by atoms with Crippen molar-refractivity contribution in [2.75, 3.05) is 7.11 Å². The van der Waals surface area contributed by atoms with Crippen LogP contribution in [0.5, 0.6) is 11.5 Å². The molecule has 0 aliphatic heterocycles. The number of thiazole rings is 1. The summed E-state index contributed by atoms with van der Waals surface area (Å²) in [6.45, 7) is 0.216. The molecule has 0 atom stereocenters. The first-order valence-electron chi connectivity index (χ1n) is 6.83. The minimum absolute atomic E-state index is 0.216. The zero-order chi connectivity index (χ0) is 16.2. The van der Waals surface area contributed by atoms with Crippen molar-refractivity contribution in [3.05, 3.63) is 63.8 Å². The Balaban J connectivity index is 1.79. The van der Waals surface area contributed by atoms with Crippen molar-refractivity contribution in [3.63, 3.8) is 0 Å². The van der Waals surface area contributed by atoms with E-state index >= 15 is 0 Å². The highest BCUT2D eigenvalue weighted by Gasteiger charge is 2.12. The van der Waals surface area contributed by atoms with Gasteiger partial charge in [0.15, 0.2) is 11.6 Å². The fourth-order valence-electron chi connectivity index (χ4n) is 2.06. The van der Waals surface area contributed by atoms with E-state index in [0.29, 0.717) is 0 Å². The lowest BCUT2D eigenvalue weighted by Gasteiger charge is -2.06. The Hall–Kier alpha value is -1.92. The third-order valence-corrected chi connectivity index (χ3v) is 4.57. The van der Waals surface area contributed by atoms with E-state index in [1.807, 2.05) is 23.6 Å². The van der Waals surface area contributed by atoms with Gasteiger partial charge >= 0.3 is 0 Å². The number of nitrogens with zero attached hydrogens (tertiary/aromatic N) is 1. The van der Waals surface area contributed by atoms with E-state index in [0.717, 1.165) is 26.5 Å². The molecule has 3 nitrogen and oxygen atoms in total. The quantitative estimate of drug-likeness (QED) is 0.589. The van der Waals surface area contributed by atoms with Crippen LogP contribution < -0.4 is 9.47 Å². The number of benzene rings is 2. The number of methoxy groups -OCH3 is 1. The maximum absolute atomic E-state index is 13.5. The average Bonchev–Trinajstić information content (AvgIpc) is 3.03. The minimum atomic E-state index is -0.378. The van der Waals surface area contributed by atoms with Crippen molar-refractivity contribution < 1.29 is 13.9 Å². The molecule has 1 aromatic heterocycles. The Kier molecular flexibility index (Phi) is 4.93. The van der Waals surface area contributed by atoms with Crippen LogP contribution in [-0.2, 0) is 6.61 Å². The Morgan fingerprint density at radius 2 is 2.00 bits per heavy atom. The normalized spacial score (nSPS) is 10.6. The van der Waals surface area contributed by atoms with E-state index in [2.05, 4.69) is 20.9 Å². The van der Waals surface area contributed by atoms with Gasteiger partial charge in [0.1, 0.15) is 17.4 Å². The molecule has 1 heterocycles. The SMILES string of the molecule is COc1ccc(Br)cc1-c1nc(COc2ccccc2F)cs1. The molecule has 0 fully saturated rings. The predicted molar refractivity (Wildman–Crippen MR) is 92.5 cm³/mol. The van der Waals surface area contributed by atoms with E-state index < -0.39 is 0 Å². The summed E-state index contributed by atoms with van der Waals surface area (Å²) >= 11 is 4.95. The second-order valence-electron chi connectivity index (χ2n) is 4.71. The summed E-state index contributed by atoms with van der Waals surface area (Å²) in [5.74, 6) is 0.600. The molecular weight excluding hydrogens is 381 g/mol. The van der Waals surface area contributed by atoms with Gasteiger partial charge in [0.2, 0.25) is 0 Å². The maximum Gasteiger partial charge on any atom is 0.165 e. The Bertz CT molecular complexity index is 822. The number of hydrogen-bond donors (Lipinski definition) is 0. The molecule has 0 radical (unpaired) electrons. The van der Waals surface area contributed by atoms with Crippen LogP contribution in [0.25, 0.3) is 10.6 Å². The molecule has 0 saturated heterocycles. The summed E-state index contributed by atoms with van der Waals surface area (Å²) in [6, 6.07) is 12.1. The molecule has 2 aromatic carbocycles. The van der Waals surface area contributed by atoms with Gasteiger partial charge in [-0.3, -0.25) is 0 Å². The van der Waals surface area contributed by atoms with Crippen molar-refractivity contribution in [1.29, 1.82) is 0 Å². The van der Waals surface area contributed by atoms with Crippen molar-refractivity contribution >= 4 is 27.3 Å². The third kappa shape index (κ3) is 3.71. The zero-order valence-corrected chi connectivity index (χ0v) is 14.7. The molecule has 3 rings (SSSR count). The van der Waals surface area contributed by atoms with E-state index in [4.69, 9.17) is 9.47 Å².